The van der Waals surface area contributed by atoms with E-state index in [0.717, 1.165) is 16.8 Å². The molecule has 0 bridgehead atoms. The Kier molecular flexibility index (Phi) is 9.29. The predicted octanol–water partition coefficient (Wildman–Crippen LogP) is 5.95. The van der Waals surface area contributed by atoms with Crippen LogP contribution in [-0.4, -0.2) is 28.3 Å². The number of benzene rings is 2. The Labute approximate surface area is 211 Å². The third kappa shape index (κ3) is 7.55. The first kappa shape index (κ1) is 25.2. The summed E-state index contributed by atoms with van der Waals surface area (Å²) >= 11 is 10.9. The number of nitrogens with one attached hydrogen (secondary N) is 2. The zero-order chi connectivity index (χ0) is 23.8. The highest BCUT2D eigenvalue weighted by Crippen LogP contribution is 2.25. The second-order valence-electron chi connectivity index (χ2n) is 7.44. The number of thioether (sulfide) groups is 1. The van der Waals surface area contributed by atoms with Crippen molar-refractivity contribution in [2.45, 2.75) is 37.6 Å². The molecule has 0 spiro atoms. The normalized spacial score (nSPS) is 10.7. The number of hydrogen-bond acceptors (Lipinski definition) is 5. The van der Waals surface area contributed by atoms with Crippen molar-refractivity contribution < 1.29 is 9.59 Å². The van der Waals surface area contributed by atoms with Crippen LogP contribution in [-0.2, 0) is 10.5 Å². The van der Waals surface area contributed by atoms with Crippen molar-refractivity contribution in [1.29, 1.82) is 0 Å². The Morgan fingerprint density at radius 1 is 1.12 bits per heavy atom. The van der Waals surface area contributed by atoms with E-state index in [0.29, 0.717) is 39.8 Å². The van der Waals surface area contributed by atoms with Crippen LogP contribution in [0.4, 0.5) is 5.69 Å². The molecule has 0 fully saturated rings. The molecule has 0 aliphatic heterocycles. The van der Waals surface area contributed by atoms with Crippen LogP contribution < -0.4 is 10.6 Å². The van der Waals surface area contributed by atoms with E-state index in [2.05, 4.69) is 36.5 Å². The van der Waals surface area contributed by atoms with Crippen molar-refractivity contribution in [1.82, 2.24) is 15.3 Å². The second kappa shape index (κ2) is 12.2. The molecule has 3 aromatic rings. The average Bonchev–Trinajstić information content (AvgIpc) is 2.79. The van der Waals surface area contributed by atoms with Gasteiger partial charge in [-0.1, -0.05) is 47.6 Å². The van der Waals surface area contributed by atoms with E-state index in [4.69, 9.17) is 11.6 Å². The lowest BCUT2D eigenvalue weighted by atomic mass is 10.1. The van der Waals surface area contributed by atoms with Crippen LogP contribution in [0.25, 0.3) is 0 Å². The van der Waals surface area contributed by atoms with Crippen molar-refractivity contribution in [3.63, 3.8) is 0 Å². The summed E-state index contributed by atoms with van der Waals surface area (Å²) in [6, 6.07) is 13.4. The van der Waals surface area contributed by atoms with Crippen LogP contribution in [0.3, 0.4) is 0 Å². The first-order valence-corrected chi connectivity index (χ1v) is 12.5. The van der Waals surface area contributed by atoms with E-state index >= 15 is 0 Å². The maximum Gasteiger partial charge on any atom is 0.271 e. The van der Waals surface area contributed by atoms with Gasteiger partial charge in [-0.25, -0.2) is 9.97 Å². The van der Waals surface area contributed by atoms with E-state index in [9.17, 15) is 9.59 Å². The zero-order valence-corrected chi connectivity index (χ0v) is 21.5. The molecule has 1 aromatic heterocycles. The number of aryl methyl sites for hydroxylation is 2. The topological polar surface area (TPSA) is 84.0 Å². The molecule has 2 N–H and O–H groups in total. The molecule has 6 nitrogen and oxygen atoms in total. The fraction of sp³-hybridized carbons (Fsp3) is 0.250. The summed E-state index contributed by atoms with van der Waals surface area (Å²) in [6.07, 6.45) is 2.38. The van der Waals surface area contributed by atoms with Gasteiger partial charge in [0.15, 0.2) is 5.16 Å². The van der Waals surface area contributed by atoms with Gasteiger partial charge in [-0.05, 0) is 71.1 Å². The minimum atomic E-state index is -0.321. The van der Waals surface area contributed by atoms with E-state index in [1.54, 1.807) is 6.20 Å². The van der Waals surface area contributed by atoms with Gasteiger partial charge in [-0.2, -0.15) is 0 Å². The Hall–Kier alpha value is -2.42. The summed E-state index contributed by atoms with van der Waals surface area (Å²) < 4.78 is 0.509. The van der Waals surface area contributed by atoms with Gasteiger partial charge < -0.3 is 10.6 Å². The lowest BCUT2D eigenvalue weighted by Crippen LogP contribution is -2.27. The van der Waals surface area contributed by atoms with E-state index in [1.165, 1.54) is 17.3 Å². The predicted molar refractivity (Wildman–Crippen MR) is 137 cm³/mol. The smallest absolute Gasteiger partial charge is 0.271 e. The number of nitrogens with zero attached hydrogens (tertiary/aromatic N) is 2. The minimum Gasteiger partial charge on any atom is -0.351 e. The van der Waals surface area contributed by atoms with Gasteiger partial charge in [0.1, 0.15) is 5.69 Å². The molecule has 2 aromatic carbocycles. The number of hydrogen-bond donors (Lipinski definition) is 2. The molecule has 0 unspecified atom stereocenters. The number of anilines is 1. The lowest BCUT2D eigenvalue weighted by molar-refractivity contribution is -0.116. The van der Waals surface area contributed by atoms with E-state index in [-0.39, 0.29) is 17.5 Å². The summed E-state index contributed by atoms with van der Waals surface area (Å²) in [5, 5.41) is 6.87. The summed E-state index contributed by atoms with van der Waals surface area (Å²) in [5.74, 6) is 0.185. The van der Waals surface area contributed by atoms with Crippen molar-refractivity contribution in [2.24, 2.45) is 0 Å². The van der Waals surface area contributed by atoms with E-state index in [1.807, 2.05) is 56.3 Å². The Morgan fingerprint density at radius 2 is 1.91 bits per heavy atom. The van der Waals surface area contributed by atoms with Gasteiger partial charge in [0.2, 0.25) is 5.91 Å². The fourth-order valence-corrected chi connectivity index (χ4v) is 4.39. The van der Waals surface area contributed by atoms with Gasteiger partial charge in [0, 0.05) is 35.6 Å². The highest BCUT2D eigenvalue weighted by Gasteiger charge is 2.14. The van der Waals surface area contributed by atoms with Gasteiger partial charge in [-0.3, -0.25) is 9.59 Å². The zero-order valence-electron chi connectivity index (χ0n) is 18.3. The van der Waals surface area contributed by atoms with E-state index < -0.39 is 0 Å². The summed E-state index contributed by atoms with van der Waals surface area (Å²) in [4.78, 5) is 33.4. The van der Waals surface area contributed by atoms with Crippen molar-refractivity contribution >= 4 is 56.8 Å². The van der Waals surface area contributed by atoms with Gasteiger partial charge >= 0.3 is 0 Å². The van der Waals surface area contributed by atoms with Gasteiger partial charge in [-0.15, -0.1) is 0 Å². The molecule has 0 aliphatic carbocycles. The van der Waals surface area contributed by atoms with Crippen LogP contribution in [0.2, 0.25) is 5.02 Å². The second-order valence-corrected chi connectivity index (χ2v) is 9.64. The quantitative estimate of drug-likeness (QED) is 0.196. The minimum absolute atomic E-state index is 0.0889. The van der Waals surface area contributed by atoms with Crippen LogP contribution >= 0.6 is 39.3 Å². The number of amides is 2. The Balaban J connectivity index is 1.47. The number of halogens is 2. The molecule has 0 saturated heterocycles. The molecule has 33 heavy (non-hydrogen) atoms. The van der Waals surface area contributed by atoms with Crippen LogP contribution in [0.1, 0.15) is 40.0 Å². The summed E-state index contributed by atoms with van der Waals surface area (Å²) in [5.41, 5.74) is 4.31. The lowest BCUT2D eigenvalue weighted by Gasteiger charge is -2.09. The largest absolute Gasteiger partial charge is 0.351 e. The molecule has 0 saturated carbocycles. The van der Waals surface area contributed by atoms with Crippen molar-refractivity contribution in [3.05, 3.63) is 80.5 Å². The number of rotatable bonds is 9. The molecule has 0 atom stereocenters. The molecular weight excluding hydrogens is 524 g/mol. The van der Waals surface area contributed by atoms with Gasteiger partial charge in [0.05, 0.1) is 4.47 Å². The number of carbonyl (C=O) groups is 2. The fourth-order valence-electron chi connectivity index (χ4n) is 2.91. The molecule has 0 radical (unpaired) electrons. The monoisotopic (exact) mass is 546 g/mol. The molecule has 1 heterocycles. The summed E-state index contributed by atoms with van der Waals surface area (Å²) in [6.45, 7) is 4.39. The van der Waals surface area contributed by atoms with Crippen molar-refractivity contribution in [2.75, 3.05) is 11.9 Å². The number of carbonyl (C=O) groups excluding carboxylic acids is 2. The Morgan fingerprint density at radius 3 is 2.67 bits per heavy atom. The molecule has 3 rings (SSSR count). The third-order valence-electron chi connectivity index (χ3n) is 4.91. The van der Waals surface area contributed by atoms with Crippen LogP contribution in [0.15, 0.2) is 58.3 Å². The van der Waals surface area contributed by atoms with Crippen LogP contribution in [0, 0.1) is 13.8 Å². The molecular formula is C24H24BrClN4O2S. The van der Waals surface area contributed by atoms with Crippen LogP contribution in [0.5, 0.6) is 0 Å². The molecule has 2 amide bonds. The number of aromatic nitrogens is 2. The molecule has 0 aliphatic rings. The third-order valence-corrected chi connectivity index (χ3v) is 6.77. The first-order valence-electron chi connectivity index (χ1n) is 10.4. The maximum absolute atomic E-state index is 12.6. The standard InChI is InChI=1S/C24H24BrClN4O2S/c1-15-9-10-18(12-16(15)2)29-21(31)8-5-11-27-23(32)22-19(25)13-28-24(30-22)33-14-17-6-3-4-7-20(17)26/h3-4,6-7,9-10,12-13H,5,8,11,14H2,1-2H3,(H,27,32)(H,29,31). The SMILES string of the molecule is Cc1ccc(NC(=O)CCCNC(=O)c2nc(SCc3ccccc3Cl)ncc2Br)cc1C. The summed E-state index contributed by atoms with van der Waals surface area (Å²) in [7, 11) is 0. The van der Waals surface area contributed by atoms with Crippen molar-refractivity contribution in [3.8, 4) is 0 Å². The maximum atomic E-state index is 12.6. The molecule has 172 valence electrons. The average molecular weight is 548 g/mol. The first-order chi connectivity index (χ1) is 15.8. The highest BCUT2D eigenvalue weighted by atomic mass is 79.9. The molecule has 9 heteroatoms. The Bertz CT molecular complexity index is 1160. The highest BCUT2D eigenvalue weighted by molar-refractivity contribution is 9.10. The van der Waals surface area contributed by atoms with Gasteiger partial charge in [0.25, 0.3) is 5.91 Å².